The fraction of sp³-hybridized carbons (Fsp3) is 0.462. The Morgan fingerprint density at radius 2 is 2.21 bits per heavy atom. The predicted molar refractivity (Wildman–Crippen MR) is 77.7 cm³/mol. The number of nitrogens with one attached hydrogen (secondary N) is 1. The minimum Gasteiger partial charge on any atom is -0.315 e. The number of hydrogen-bond donors (Lipinski definition) is 1. The lowest BCUT2D eigenvalue weighted by molar-refractivity contribution is 0.613. The van der Waals surface area contributed by atoms with Crippen LogP contribution in [0, 0.1) is 4.77 Å². The molecule has 0 unspecified atom stereocenters. The van der Waals surface area contributed by atoms with Crippen LogP contribution in [0.3, 0.4) is 0 Å². The van der Waals surface area contributed by atoms with Crippen LogP contribution in [0.4, 0.5) is 0 Å². The van der Waals surface area contributed by atoms with Gasteiger partial charge in [0.1, 0.15) is 0 Å². The van der Waals surface area contributed by atoms with Gasteiger partial charge in [0.05, 0.1) is 5.56 Å². The first-order chi connectivity index (χ1) is 9.19. The second-order valence-electron chi connectivity index (χ2n) is 4.37. The van der Waals surface area contributed by atoms with Crippen molar-refractivity contribution in [2.24, 2.45) is 0 Å². The van der Waals surface area contributed by atoms with E-state index in [-0.39, 0.29) is 5.56 Å². The first-order valence-corrected chi connectivity index (χ1v) is 6.94. The van der Waals surface area contributed by atoms with Gasteiger partial charge in [-0.25, -0.2) is 0 Å². The van der Waals surface area contributed by atoms with Crippen molar-refractivity contribution in [2.45, 2.75) is 39.8 Å². The number of H-pyrrole nitrogens is 1. The molecule has 1 N–H and O–H groups in total. The van der Waals surface area contributed by atoms with Gasteiger partial charge in [0.2, 0.25) is 0 Å². The van der Waals surface area contributed by atoms with E-state index in [2.05, 4.69) is 17.1 Å². The molecule has 0 spiro atoms. The third-order valence-electron chi connectivity index (χ3n) is 3.09. The molecule has 19 heavy (non-hydrogen) atoms. The van der Waals surface area contributed by atoms with Crippen LogP contribution < -0.4 is 5.56 Å². The smallest absolute Gasteiger partial charge is 0.261 e. The van der Waals surface area contributed by atoms with Crippen LogP contribution in [0.15, 0.2) is 23.1 Å². The van der Waals surface area contributed by atoms with Crippen LogP contribution in [0.5, 0.6) is 0 Å². The second kappa shape index (κ2) is 5.97. The number of pyridine rings is 1. The Kier molecular flexibility index (Phi) is 4.31. The summed E-state index contributed by atoms with van der Waals surface area (Å²) in [5.74, 6) is 0.614. The maximum absolute atomic E-state index is 12.4. The van der Waals surface area contributed by atoms with E-state index >= 15 is 0 Å². The molecule has 0 saturated carbocycles. The van der Waals surface area contributed by atoms with Gasteiger partial charge < -0.3 is 9.13 Å². The van der Waals surface area contributed by atoms with Gasteiger partial charge in [0.15, 0.2) is 10.6 Å². The van der Waals surface area contributed by atoms with Crippen LogP contribution in [-0.2, 0) is 13.1 Å². The molecule has 0 bridgehead atoms. The predicted octanol–water partition coefficient (Wildman–Crippen LogP) is 2.59. The molecule has 6 heteroatoms. The summed E-state index contributed by atoms with van der Waals surface area (Å²) in [5.41, 5.74) is 0.576. The largest absolute Gasteiger partial charge is 0.315 e. The molecular weight excluding hydrogens is 260 g/mol. The summed E-state index contributed by atoms with van der Waals surface area (Å²) in [6.45, 7) is 5.51. The van der Waals surface area contributed by atoms with Crippen molar-refractivity contribution in [1.82, 2.24) is 19.3 Å². The molecule has 0 amide bonds. The van der Waals surface area contributed by atoms with Crippen molar-refractivity contribution >= 4 is 12.2 Å². The molecule has 0 aliphatic heterocycles. The highest BCUT2D eigenvalue weighted by Crippen LogP contribution is 2.12. The maximum atomic E-state index is 12.4. The molecule has 2 aromatic heterocycles. The SMILES string of the molecule is CCCCn1cccc(-c2n[nH]c(=S)n2CC)c1=O. The number of aromatic nitrogens is 4. The summed E-state index contributed by atoms with van der Waals surface area (Å²) in [6, 6.07) is 3.67. The Morgan fingerprint density at radius 1 is 1.42 bits per heavy atom. The third kappa shape index (κ3) is 2.68. The van der Waals surface area contributed by atoms with Crippen LogP contribution in [0.25, 0.3) is 11.4 Å². The van der Waals surface area contributed by atoms with Gasteiger partial charge in [-0.1, -0.05) is 13.3 Å². The van der Waals surface area contributed by atoms with E-state index in [1.54, 1.807) is 10.6 Å². The molecule has 0 radical (unpaired) electrons. The molecule has 102 valence electrons. The minimum absolute atomic E-state index is 0.0142. The summed E-state index contributed by atoms with van der Waals surface area (Å²) in [4.78, 5) is 12.4. The molecular formula is C13H18N4OS. The number of rotatable bonds is 5. The average Bonchev–Trinajstić information content (AvgIpc) is 2.78. The summed E-state index contributed by atoms with van der Waals surface area (Å²) in [5, 5.41) is 6.92. The maximum Gasteiger partial charge on any atom is 0.261 e. The first-order valence-electron chi connectivity index (χ1n) is 6.54. The molecule has 0 fully saturated rings. The van der Waals surface area contributed by atoms with E-state index in [0.717, 1.165) is 19.4 Å². The number of nitrogens with zero attached hydrogens (tertiary/aromatic N) is 3. The fourth-order valence-electron chi connectivity index (χ4n) is 2.03. The lowest BCUT2D eigenvalue weighted by Gasteiger charge is -2.07. The highest BCUT2D eigenvalue weighted by atomic mass is 32.1. The van der Waals surface area contributed by atoms with Crippen molar-refractivity contribution in [1.29, 1.82) is 0 Å². The molecule has 2 heterocycles. The quantitative estimate of drug-likeness (QED) is 0.855. The van der Waals surface area contributed by atoms with E-state index in [4.69, 9.17) is 12.2 Å². The number of aromatic amines is 1. The Hall–Kier alpha value is -1.69. The number of hydrogen-bond acceptors (Lipinski definition) is 3. The molecule has 2 rings (SSSR count). The minimum atomic E-state index is -0.0142. The van der Waals surface area contributed by atoms with Crippen molar-refractivity contribution in [3.05, 3.63) is 33.5 Å². The van der Waals surface area contributed by atoms with Gasteiger partial charge in [-0.15, -0.1) is 0 Å². The number of aryl methyl sites for hydroxylation is 1. The fourth-order valence-corrected chi connectivity index (χ4v) is 2.29. The Labute approximate surface area is 116 Å². The van der Waals surface area contributed by atoms with Crippen molar-refractivity contribution in [2.75, 3.05) is 0 Å². The summed E-state index contributed by atoms with van der Waals surface area (Å²) < 4.78 is 4.10. The summed E-state index contributed by atoms with van der Waals surface area (Å²) >= 11 is 5.15. The van der Waals surface area contributed by atoms with Gasteiger partial charge in [-0.3, -0.25) is 9.89 Å². The highest BCUT2D eigenvalue weighted by molar-refractivity contribution is 7.71. The topological polar surface area (TPSA) is 55.6 Å². The summed E-state index contributed by atoms with van der Waals surface area (Å²) in [7, 11) is 0. The molecule has 0 aromatic carbocycles. The Bertz CT molecular complexity index is 668. The van der Waals surface area contributed by atoms with Gasteiger partial charge in [0.25, 0.3) is 5.56 Å². The lowest BCUT2D eigenvalue weighted by atomic mass is 10.2. The lowest BCUT2D eigenvalue weighted by Crippen LogP contribution is -2.22. The first kappa shape index (κ1) is 13.7. The average molecular weight is 278 g/mol. The van der Waals surface area contributed by atoms with Gasteiger partial charge in [0, 0.05) is 19.3 Å². The van der Waals surface area contributed by atoms with E-state index < -0.39 is 0 Å². The van der Waals surface area contributed by atoms with E-state index in [1.165, 1.54) is 0 Å². The Morgan fingerprint density at radius 3 is 2.89 bits per heavy atom. The zero-order valence-electron chi connectivity index (χ0n) is 11.2. The second-order valence-corrected chi connectivity index (χ2v) is 4.76. The van der Waals surface area contributed by atoms with Gasteiger partial charge >= 0.3 is 0 Å². The van der Waals surface area contributed by atoms with Crippen molar-refractivity contribution in [3.8, 4) is 11.4 Å². The van der Waals surface area contributed by atoms with Crippen LogP contribution in [0.2, 0.25) is 0 Å². The van der Waals surface area contributed by atoms with Gasteiger partial charge in [-0.05, 0) is 37.7 Å². The molecule has 0 aliphatic carbocycles. The highest BCUT2D eigenvalue weighted by Gasteiger charge is 2.12. The van der Waals surface area contributed by atoms with Crippen LogP contribution in [0.1, 0.15) is 26.7 Å². The normalized spacial score (nSPS) is 10.8. The Balaban J connectivity index is 2.51. The van der Waals surface area contributed by atoms with E-state index in [9.17, 15) is 4.79 Å². The monoisotopic (exact) mass is 278 g/mol. The molecule has 0 atom stereocenters. The van der Waals surface area contributed by atoms with E-state index in [1.807, 2.05) is 23.8 Å². The van der Waals surface area contributed by atoms with Crippen LogP contribution in [-0.4, -0.2) is 19.3 Å². The zero-order chi connectivity index (χ0) is 13.8. The molecule has 5 nitrogen and oxygen atoms in total. The molecule has 0 aliphatic rings. The number of unbranched alkanes of at least 4 members (excludes halogenated alkanes) is 1. The van der Waals surface area contributed by atoms with E-state index in [0.29, 0.717) is 22.7 Å². The summed E-state index contributed by atoms with van der Waals surface area (Å²) in [6.07, 6.45) is 3.87. The van der Waals surface area contributed by atoms with Crippen molar-refractivity contribution in [3.63, 3.8) is 0 Å². The molecule has 0 saturated heterocycles. The standard InChI is InChI=1S/C13H18N4OS/c1-3-5-8-16-9-6-7-10(12(16)18)11-14-15-13(19)17(11)4-2/h6-7,9H,3-5,8H2,1-2H3,(H,15,19). The van der Waals surface area contributed by atoms with Crippen molar-refractivity contribution < 1.29 is 0 Å². The van der Waals surface area contributed by atoms with Gasteiger partial charge in [-0.2, -0.15) is 5.10 Å². The van der Waals surface area contributed by atoms with Crippen LogP contribution >= 0.6 is 12.2 Å². The zero-order valence-corrected chi connectivity index (χ0v) is 12.0. The molecule has 2 aromatic rings. The third-order valence-corrected chi connectivity index (χ3v) is 3.40.